The fourth-order valence-electron chi connectivity index (χ4n) is 1.73. The van der Waals surface area contributed by atoms with Crippen LogP contribution in [0.15, 0.2) is 48.5 Å². The molecule has 5 heteroatoms. The monoisotopic (exact) mass is 290 g/mol. The summed E-state index contributed by atoms with van der Waals surface area (Å²) < 4.78 is 28.6. The molecule has 0 fully saturated rings. The Hall–Kier alpha value is -2.56. The third-order valence-corrected chi connectivity index (χ3v) is 2.71. The lowest BCUT2D eigenvalue weighted by atomic mass is 10.2. The predicted molar refractivity (Wildman–Crippen MR) is 75.2 cm³/mol. The minimum absolute atomic E-state index is 0.0530. The van der Waals surface area contributed by atoms with Gasteiger partial charge >= 0.3 is 5.97 Å². The van der Waals surface area contributed by atoms with Crippen molar-refractivity contribution in [2.75, 3.05) is 20.3 Å². The molecular weight excluding hydrogens is 275 g/mol. The second-order valence-electron chi connectivity index (χ2n) is 4.14. The van der Waals surface area contributed by atoms with E-state index >= 15 is 0 Å². The van der Waals surface area contributed by atoms with Crippen molar-refractivity contribution in [3.05, 3.63) is 59.9 Å². The minimum Gasteiger partial charge on any atom is -0.496 e. The molecule has 4 nitrogen and oxygen atoms in total. The van der Waals surface area contributed by atoms with E-state index in [0.29, 0.717) is 5.75 Å². The molecule has 0 aliphatic rings. The molecule has 2 rings (SSSR count). The van der Waals surface area contributed by atoms with Gasteiger partial charge in [0, 0.05) is 0 Å². The van der Waals surface area contributed by atoms with E-state index in [4.69, 9.17) is 14.2 Å². The smallest absolute Gasteiger partial charge is 0.342 e. The van der Waals surface area contributed by atoms with Gasteiger partial charge in [0.15, 0.2) is 0 Å². The molecule has 0 atom stereocenters. The number of methoxy groups -OCH3 is 1. The van der Waals surface area contributed by atoms with E-state index < -0.39 is 11.8 Å². The lowest BCUT2D eigenvalue weighted by Gasteiger charge is -2.09. The third kappa shape index (κ3) is 4.21. The predicted octanol–water partition coefficient (Wildman–Crippen LogP) is 3.07. The highest BCUT2D eigenvalue weighted by Gasteiger charge is 2.14. The Morgan fingerprint density at radius 1 is 1.10 bits per heavy atom. The fourth-order valence-corrected chi connectivity index (χ4v) is 1.73. The molecule has 0 heterocycles. The Labute approximate surface area is 122 Å². The quantitative estimate of drug-likeness (QED) is 0.606. The van der Waals surface area contributed by atoms with Gasteiger partial charge in [0.05, 0.1) is 7.11 Å². The fraction of sp³-hybridized carbons (Fsp3) is 0.188. The van der Waals surface area contributed by atoms with Crippen LogP contribution in [0, 0.1) is 5.82 Å². The van der Waals surface area contributed by atoms with E-state index in [-0.39, 0.29) is 24.5 Å². The van der Waals surface area contributed by atoms with E-state index in [2.05, 4.69) is 0 Å². The summed E-state index contributed by atoms with van der Waals surface area (Å²) in [6, 6.07) is 12.9. The summed E-state index contributed by atoms with van der Waals surface area (Å²) in [5.41, 5.74) is 0.0530. The average Bonchev–Trinajstić information content (AvgIpc) is 2.52. The van der Waals surface area contributed by atoms with E-state index in [1.54, 1.807) is 12.1 Å². The zero-order chi connectivity index (χ0) is 15.1. The van der Waals surface area contributed by atoms with Crippen molar-refractivity contribution in [1.29, 1.82) is 0 Å². The Morgan fingerprint density at radius 2 is 1.86 bits per heavy atom. The molecule has 110 valence electrons. The molecule has 0 spiro atoms. The van der Waals surface area contributed by atoms with E-state index in [9.17, 15) is 9.18 Å². The highest BCUT2D eigenvalue weighted by molar-refractivity contribution is 5.92. The number of carbonyl (C=O) groups is 1. The second kappa shape index (κ2) is 7.28. The topological polar surface area (TPSA) is 44.8 Å². The first-order valence-corrected chi connectivity index (χ1v) is 6.39. The highest BCUT2D eigenvalue weighted by atomic mass is 19.1. The van der Waals surface area contributed by atoms with Gasteiger partial charge in [-0.1, -0.05) is 18.2 Å². The number of rotatable bonds is 6. The molecule has 0 aromatic heterocycles. The Bertz CT molecular complexity index is 598. The minimum atomic E-state index is -0.650. The average molecular weight is 290 g/mol. The number of hydrogen-bond acceptors (Lipinski definition) is 4. The van der Waals surface area contributed by atoms with Crippen LogP contribution in [0.25, 0.3) is 0 Å². The summed E-state index contributed by atoms with van der Waals surface area (Å²) >= 11 is 0. The molecule has 0 aliphatic heterocycles. The summed E-state index contributed by atoms with van der Waals surface area (Å²) in [5, 5.41) is 0. The SMILES string of the molecule is COc1ccc(F)cc1C(=O)OCCOc1ccccc1. The highest BCUT2D eigenvalue weighted by Crippen LogP contribution is 2.20. The second-order valence-corrected chi connectivity index (χ2v) is 4.14. The van der Waals surface area contributed by atoms with Gasteiger partial charge in [0.2, 0.25) is 0 Å². The van der Waals surface area contributed by atoms with Crippen LogP contribution in [0.5, 0.6) is 11.5 Å². The van der Waals surface area contributed by atoms with Crippen molar-refractivity contribution >= 4 is 5.97 Å². The Morgan fingerprint density at radius 3 is 2.57 bits per heavy atom. The molecule has 2 aromatic carbocycles. The Kier molecular flexibility index (Phi) is 5.15. The van der Waals surface area contributed by atoms with Crippen molar-refractivity contribution < 1.29 is 23.4 Å². The van der Waals surface area contributed by atoms with Gasteiger partial charge in [-0.05, 0) is 30.3 Å². The molecule has 0 saturated carbocycles. The van der Waals surface area contributed by atoms with E-state index in [1.807, 2.05) is 18.2 Å². The van der Waals surface area contributed by atoms with Crippen LogP contribution in [-0.4, -0.2) is 26.3 Å². The number of carbonyl (C=O) groups excluding carboxylic acids is 1. The van der Waals surface area contributed by atoms with Crippen LogP contribution in [-0.2, 0) is 4.74 Å². The van der Waals surface area contributed by atoms with Crippen LogP contribution >= 0.6 is 0 Å². The molecule has 0 N–H and O–H groups in total. The van der Waals surface area contributed by atoms with Crippen LogP contribution in [0.2, 0.25) is 0 Å². The molecule has 2 aromatic rings. The maximum Gasteiger partial charge on any atom is 0.342 e. The third-order valence-electron chi connectivity index (χ3n) is 2.71. The first kappa shape index (κ1) is 14.8. The van der Waals surface area contributed by atoms with Gasteiger partial charge in [-0.2, -0.15) is 0 Å². The maximum atomic E-state index is 13.2. The lowest BCUT2D eigenvalue weighted by Crippen LogP contribution is -2.13. The first-order chi connectivity index (χ1) is 10.2. The largest absolute Gasteiger partial charge is 0.496 e. The van der Waals surface area contributed by atoms with Crippen molar-refractivity contribution in [3.8, 4) is 11.5 Å². The molecule has 0 aliphatic carbocycles. The molecular formula is C16H15FO4. The first-order valence-electron chi connectivity index (χ1n) is 6.39. The van der Waals surface area contributed by atoms with E-state index in [1.165, 1.54) is 19.2 Å². The molecule has 21 heavy (non-hydrogen) atoms. The van der Waals surface area contributed by atoms with Gasteiger partial charge in [0.25, 0.3) is 0 Å². The lowest BCUT2D eigenvalue weighted by molar-refractivity contribution is 0.0446. The summed E-state index contributed by atoms with van der Waals surface area (Å²) in [4.78, 5) is 11.9. The van der Waals surface area contributed by atoms with Crippen molar-refractivity contribution in [2.45, 2.75) is 0 Å². The van der Waals surface area contributed by atoms with Crippen molar-refractivity contribution in [3.63, 3.8) is 0 Å². The number of hydrogen-bond donors (Lipinski definition) is 0. The van der Waals surface area contributed by atoms with Crippen LogP contribution in [0.1, 0.15) is 10.4 Å². The zero-order valence-corrected chi connectivity index (χ0v) is 11.5. The van der Waals surface area contributed by atoms with Gasteiger partial charge in [-0.15, -0.1) is 0 Å². The molecule has 0 unspecified atom stereocenters. The summed E-state index contributed by atoms with van der Waals surface area (Å²) in [6.45, 7) is 0.279. The van der Waals surface area contributed by atoms with Gasteiger partial charge in [-0.25, -0.2) is 9.18 Å². The van der Waals surface area contributed by atoms with Crippen molar-refractivity contribution in [1.82, 2.24) is 0 Å². The number of ether oxygens (including phenoxy) is 3. The molecule has 0 amide bonds. The number of para-hydroxylation sites is 1. The standard InChI is InChI=1S/C16H15FO4/c1-19-15-8-7-12(17)11-14(15)16(18)21-10-9-20-13-5-3-2-4-6-13/h2-8,11H,9-10H2,1H3. The molecule has 0 saturated heterocycles. The van der Waals surface area contributed by atoms with Gasteiger partial charge < -0.3 is 14.2 Å². The summed E-state index contributed by atoms with van der Waals surface area (Å²) in [5.74, 6) is -0.214. The van der Waals surface area contributed by atoms with Gasteiger partial charge in [0.1, 0.15) is 36.1 Å². The normalized spacial score (nSPS) is 10.0. The zero-order valence-electron chi connectivity index (χ0n) is 11.5. The molecule has 0 bridgehead atoms. The summed E-state index contributed by atoms with van der Waals surface area (Å²) in [6.07, 6.45) is 0. The van der Waals surface area contributed by atoms with Crippen LogP contribution in [0.4, 0.5) is 4.39 Å². The van der Waals surface area contributed by atoms with E-state index in [0.717, 1.165) is 6.07 Å². The number of halogens is 1. The van der Waals surface area contributed by atoms with Gasteiger partial charge in [-0.3, -0.25) is 0 Å². The van der Waals surface area contributed by atoms with Crippen molar-refractivity contribution in [2.24, 2.45) is 0 Å². The maximum absolute atomic E-state index is 13.2. The number of esters is 1. The summed E-state index contributed by atoms with van der Waals surface area (Å²) in [7, 11) is 1.41. The molecule has 0 radical (unpaired) electrons. The van der Waals surface area contributed by atoms with Crippen LogP contribution in [0.3, 0.4) is 0 Å². The Balaban J connectivity index is 1.86. The number of benzene rings is 2. The van der Waals surface area contributed by atoms with Crippen LogP contribution < -0.4 is 9.47 Å².